The van der Waals surface area contributed by atoms with E-state index in [0.29, 0.717) is 12.4 Å². The molecule has 7 heteroatoms. The van der Waals surface area contributed by atoms with Crippen LogP contribution in [0.15, 0.2) is 10.6 Å². The fourth-order valence-corrected chi connectivity index (χ4v) is 3.85. The second-order valence-electron chi connectivity index (χ2n) is 6.48. The van der Waals surface area contributed by atoms with Crippen molar-refractivity contribution in [3.05, 3.63) is 11.8 Å². The number of anilines is 1. The maximum Gasteiger partial charge on any atom is 0.240 e. The number of aromatic nitrogens is 1. The monoisotopic (exact) mass is 320 g/mol. The van der Waals surface area contributed by atoms with Gasteiger partial charge in [0.05, 0.1) is 12.2 Å². The van der Waals surface area contributed by atoms with Crippen molar-refractivity contribution in [3.63, 3.8) is 0 Å². The lowest BCUT2D eigenvalue weighted by Crippen LogP contribution is -2.49. The number of hydrogen-bond acceptors (Lipinski definition) is 5. The summed E-state index contributed by atoms with van der Waals surface area (Å²) in [6.45, 7) is 5.51. The Kier molecular flexibility index (Phi) is 4.66. The van der Waals surface area contributed by atoms with Gasteiger partial charge in [-0.1, -0.05) is 5.16 Å². The highest BCUT2D eigenvalue weighted by Crippen LogP contribution is 2.29. The Morgan fingerprint density at radius 3 is 2.74 bits per heavy atom. The third kappa shape index (κ3) is 3.55. The standard InChI is InChI=1S/C16H24N4O3/c1-11-9-16(23-18-11)17-15(22)10-19-7-3-5-13(19)14-6-4-8-20(14)12(2)21/h9,13-14H,3-8,10H2,1-2H3,(H,17,22)/t13-,14-/m1/s1. The van der Waals surface area contributed by atoms with Gasteiger partial charge in [-0.3, -0.25) is 19.8 Å². The molecule has 0 bridgehead atoms. The Bertz CT molecular complexity index is 586. The summed E-state index contributed by atoms with van der Waals surface area (Å²) in [6, 6.07) is 2.23. The molecule has 1 N–H and O–H groups in total. The van der Waals surface area contributed by atoms with Gasteiger partial charge in [-0.15, -0.1) is 0 Å². The lowest BCUT2D eigenvalue weighted by Gasteiger charge is -2.34. The van der Waals surface area contributed by atoms with Gasteiger partial charge in [0.2, 0.25) is 17.7 Å². The average Bonchev–Trinajstić information content (AvgIpc) is 3.18. The summed E-state index contributed by atoms with van der Waals surface area (Å²) in [6.07, 6.45) is 4.20. The molecule has 2 fully saturated rings. The Morgan fingerprint density at radius 2 is 2.04 bits per heavy atom. The SMILES string of the molecule is CC(=O)N1CCC[C@@H]1[C@H]1CCCN1CC(=O)Nc1cc(C)no1. The summed E-state index contributed by atoms with van der Waals surface area (Å²) >= 11 is 0. The second kappa shape index (κ2) is 6.70. The van der Waals surface area contributed by atoms with E-state index in [1.807, 2.05) is 11.8 Å². The number of carbonyl (C=O) groups is 2. The predicted octanol–water partition coefficient (Wildman–Crippen LogP) is 1.40. The van der Waals surface area contributed by atoms with Gasteiger partial charge < -0.3 is 9.42 Å². The molecule has 0 aliphatic carbocycles. The highest BCUT2D eigenvalue weighted by molar-refractivity contribution is 5.91. The van der Waals surface area contributed by atoms with Crippen LogP contribution in [0.1, 0.15) is 38.3 Å². The zero-order valence-corrected chi connectivity index (χ0v) is 13.7. The van der Waals surface area contributed by atoms with Gasteiger partial charge in [0.1, 0.15) is 0 Å². The molecule has 0 aromatic carbocycles. The van der Waals surface area contributed by atoms with Crippen LogP contribution >= 0.6 is 0 Å². The summed E-state index contributed by atoms with van der Waals surface area (Å²) in [7, 11) is 0. The molecule has 0 spiro atoms. The van der Waals surface area contributed by atoms with Crippen LogP contribution in [-0.4, -0.2) is 58.5 Å². The van der Waals surface area contributed by atoms with E-state index in [0.717, 1.165) is 44.5 Å². The third-order valence-corrected chi connectivity index (χ3v) is 4.80. The molecule has 2 amide bonds. The molecular formula is C16H24N4O3. The minimum absolute atomic E-state index is 0.0968. The van der Waals surface area contributed by atoms with Crippen LogP contribution in [0.25, 0.3) is 0 Å². The van der Waals surface area contributed by atoms with E-state index < -0.39 is 0 Å². The molecule has 126 valence electrons. The van der Waals surface area contributed by atoms with Crippen molar-refractivity contribution in [3.8, 4) is 0 Å². The van der Waals surface area contributed by atoms with Crippen LogP contribution in [0.3, 0.4) is 0 Å². The fourth-order valence-electron chi connectivity index (χ4n) is 3.85. The first-order valence-corrected chi connectivity index (χ1v) is 8.29. The van der Waals surface area contributed by atoms with E-state index in [9.17, 15) is 9.59 Å². The number of amides is 2. The normalized spacial score (nSPS) is 25.0. The van der Waals surface area contributed by atoms with Gasteiger partial charge in [0.25, 0.3) is 0 Å². The minimum Gasteiger partial charge on any atom is -0.338 e. The molecule has 23 heavy (non-hydrogen) atoms. The first-order valence-electron chi connectivity index (χ1n) is 8.29. The van der Waals surface area contributed by atoms with Crippen LogP contribution in [-0.2, 0) is 9.59 Å². The quantitative estimate of drug-likeness (QED) is 0.907. The highest BCUT2D eigenvalue weighted by atomic mass is 16.5. The number of hydrogen-bond donors (Lipinski definition) is 1. The van der Waals surface area contributed by atoms with Gasteiger partial charge >= 0.3 is 0 Å². The number of nitrogens with one attached hydrogen (secondary N) is 1. The van der Waals surface area contributed by atoms with Crippen molar-refractivity contribution in [2.24, 2.45) is 0 Å². The molecular weight excluding hydrogens is 296 g/mol. The minimum atomic E-state index is -0.0968. The van der Waals surface area contributed by atoms with Gasteiger partial charge in [0.15, 0.2) is 0 Å². The van der Waals surface area contributed by atoms with Crippen molar-refractivity contribution >= 4 is 17.7 Å². The zero-order chi connectivity index (χ0) is 16.4. The van der Waals surface area contributed by atoms with E-state index in [2.05, 4.69) is 15.4 Å². The maximum absolute atomic E-state index is 12.2. The fraction of sp³-hybridized carbons (Fsp3) is 0.688. The van der Waals surface area contributed by atoms with Crippen LogP contribution in [0, 0.1) is 6.92 Å². The Hall–Kier alpha value is -1.89. The van der Waals surface area contributed by atoms with Crippen molar-refractivity contribution < 1.29 is 14.1 Å². The second-order valence-corrected chi connectivity index (χ2v) is 6.48. The van der Waals surface area contributed by atoms with Crippen LogP contribution in [0.5, 0.6) is 0 Å². The summed E-state index contributed by atoms with van der Waals surface area (Å²) in [5, 5.41) is 6.51. The molecule has 3 rings (SSSR count). The van der Waals surface area contributed by atoms with E-state index >= 15 is 0 Å². The number of likely N-dealkylation sites (tertiary alicyclic amines) is 2. The molecule has 1 aromatic heterocycles. The molecule has 7 nitrogen and oxygen atoms in total. The number of carbonyl (C=O) groups excluding carboxylic acids is 2. The number of nitrogens with zero attached hydrogens (tertiary/aromatic N) is 3. The van der Waals surface area contributed by atoms with Crippen molar-refractivity contribution in [2.45, 2.75) is 51.6 Å². The van der Waals surface area contributed by atoms with Gasteiger partial charge in [-0.25, -0.2) is 0 Å². The first-order chi connectivity index (χ1) is 11.0. The number of rotatable bonds is 4. The van der Waals surface area contributed by atoms with E-state index in [1.54, 1.807) is 13.0 Å². The molecule has 2 saturated heterocycles. The molecule has 1 aromatic rings. The third-order valence-electron chi connectivity index (χ3n) is 4.80. The van der Waals surface area contributed by atoms with Crippen molar-refractivity contribution in [1.82, 2.24) is 15.0 Å². The summed E-state index contributed by atoms with van der Waals surface area (Å²) in [4.78, 5) is 28.2. The first kappa shape index (κ1) is 16.0. The van der Waals surface area contributed by atoms with Gasteiger partial charge in [-0.05, 0) is 39.2 Å². The Labute approximate surface area is 136 Å². The van der Waals surface area contributed by atoms with Crippen LogP contribution in [0.4, 0.5) is 5.88 Å². The highest BCUT2D eigenvalue weighted by Gasteiger charge is 2.39. The van der Waals surface area contributed by atoms with E-state index in [1.165, 1.54) is 0 Å². The Morgan fingerprint density at radius 1 is 1.30 bits per heavy atom. The zero-order valence-electron chi connectivity index (χ0n) is 13.7. The van der Waals surface area contributed by atoms with E-state index in [-0.39, 0.29) is 23.9 Å². The lowest BCUT2D eigenvalue weighted by atomic mass is 10.0. The topological polar surface area (TPSA) is 78.7 Å². The average molecular weight is 320 g/mol. The van der Waals surface area contributed by atoms with Crippen molar-refractivity contribution in [1.29, 1.82) is 0 Å². The molecule has 0 radical (unpaired) electrons. The summed E-state index contributed by atoms with van der Waals surface area (Å²) in [5.74, 6) is 0.427. The lowest BCUT2D eigenvalue weighted by molar-refractivity contribution is -0.130. The van der Waals surface area contributed by atoms with E-state index in [4.69, 9.17) is 4.52 Å². The smallest absolute Gasteiger partial charge is 0.240 e. The van der Waals surface area contributed by atoms with Crippen LogP contribution in [0.2, 0.25) is 0 Å². The number of aryl methyl sites for hydroxylation is 1. The predicted molar refractivity (Wildman–Crippen MR) is 84.9 cm³/mol. The van der Waals surface area contributed by atoms with Crippen LogP contribution < -0.4 is 5.32 Å². The molecule has 2 aliphatic heterocycles. The Balaban J connectivity index is 1.60. The molecule has 2 atom stereocenters. The molecule has 2 aliphatic rings. The molecule has 0 saturated carbocycles. The van der Waals surface area contributed by atoms with Gasteiger partial charge in [0, 0.05) is 31.6 Å². The molecule has 3 heterocycles. The van der Waals surface area contributed by atoms with Crippen molar-refractivity contribution in [2.75, 3.05) is 25.0 Å². The summed E-state index contributed by atoms with van der Waals surface area (Å²) in [5.41, 5.74) is 0.738. The largest absolute Gasteiger partial charge is 0.338 e. The summed E-state index contributed by atoms with van der Waals surface area (Å²) < 4.78 is 5.02. The molecule has 0 unspecified atom stereocenters. The maximum atomic E-state index is 12.2. The van der Waals surface area contributed by atoms with Gasteiger partial charge in [-0.2, -0.15) is 0 Å².